The highest BCUT2D eigenvalue weighted by molar-refractivity contribution is 6.31. The number of amides is 1. The van der Waals surface area contributed by atoms with Gasteiger partial charge in [-0.25, -0.2) is 14.4 Å². The molecule has 216 valence electrons. The highest BCUT2D eigenvalue weighted by atomic mass is 35.5. The van der Waals surface area contributed by atoms with E-state index < -0.39 is 11.7 Å². The van der Waals surface area contributed by atoms with Crippen molar-refractivity contribution in [1.29, 1.82) is 0 Å². The SMILES string of the molecule is CCOc1cc(/C=N\NC(=O)c2nnn(-c3nonc3N)c2CN(CC)CC)ccc1OCc1c(F)cccc1Cl. The van der Waals surface area contributed by atoms with E-state index in [-0.39, 0.29) is 34.5 Å². The molecular formula is C26H29ClFN9O4. The fourth-order valence-electron chi connectivity index (χ4n) is 3.82. The van der Waals surface area contributed by atoms with E-state index >= 15 is 0 Å². The summed E-state index contributed by atoms with van der Waals surface area (Å²) in [5.74, 6) is -0.0987. The van der Waals surface area contributed by atoms with Crippen LogP contribution < -0.4 is 20.6 Å². The van der Waals surface area contributed by atoms with Crippen LogP contribution in [0.3, 0.4) is 0 Å². The number of aromatic nitrogens is 5. The second-order valence-corrected chi connectivity index (χ2v) is 8.97. The lowest BCUT2D eigenvalue weighted by atomic mass is 10.2. The van der Waals surface area contributed by atoms with Crippen molar-refractivity contribution in [1.82, 2.24) is 35.6 Å². The van der Waals surface area contributed by atoms with Crippen LogP contribution in [-0.2, 0) is 13.2 Å². The number of benzene rings is 2. The average Bonchev–Trinajstić information content (AvgIpc) is 3.57. The molecule has 0 unspecified atom stereocenters. The molecule has 4 aromatic rings. The first kappa shape index (κ1) is 29.4. The molecule has 15 heteroatoms. The van der Waals surface area contributed by atoms with E-state index in [4.69, 9.17) is 26.8 Å². The summed E-state index contributed by atoms with van der Waals surface area (Å²) >= 11 is 6.10. The summed E-state index contributed by atoms with van der Waals surface area (Å²) in [5.41, 5.74) is 9.65. The van der Waals surface area contributed by atoms with Crippen LogP contribution in [0.4, 0.5) is 10.2 Å². The highest BCUT2D eigenvalue weighted by Crippen LogP contribution is 2.30. The minimum Gasteiger partial charge on any atom is -0.490 e. The third-order valence-electron chi connectivity index (χ3n) is 6.02. The van der Waals surface area contributed by atoms with Crippen LogP contribution >= 0.6 is 11.6 Å². The molecule has 2 heterocycles. The van der Waals surface area contributed by atoms with E-state index in [2.05, 4.69) is 40.7 Å². The number of rotatable bonds is 13. The standard InChI is InChI=1S/C26H29ClFN9O4/c1-4-36(5-2)14-20-23(31-35-37(20)25-24(29)33-41-34-25)26(38)32-30-13-16-10-11-21(22(12-16)39-6-3)40-15-17-18(27)8-7-9-19(17)28/h7-13H,4-6,14-15H2,1-3H3,(H2,29,33)(H,32,38)/b30-13-. The molecule has 0 saturated carbocycles. The number of hydrogen-bond acceptors (Lipinski definition) is 11. The van der Waals surface area contributed by atoms with Gasteiger partial charge in [0.2, 0.25) is 11.6 Å². The minimum absolute atomic E-state index is 0.00945. The lowest BCUT2D eigenvalue weighted by Gasteiger charge is -2.18. The number of nitrogen functional groups attached to an aromatic ring is 1. The van der Waals surface area contributed by atoms with Crippen molar-refractivity contribution in [3.05, 3.63) is 69.8 Å². The van der Waals surface area contributed by atoms with E-state index in [0.717, 1.165) is 13.1 Å². The second-order valence-electron chi connectivity index (χ2n) is 8.56. The molecular weight excluding hydrogens is 557 g/mol. The first-order valence-electron chi connectivity index (χ1n) is 12.8. The van der Waals surface area contributed by atoms with E-state index in [1.54, 1.807) is 24.3 Å². The molecule has 0 radical (unpaired) electrons. The smallest absolute Gasteiger partial charge is 0.293 e. The van der Waals surface area contributed by atoms with Gasteiger partial charge in [0, 0.05) is 12.1 Å². The number of ether oxygens (including phenoxy) is 2. The van der Waals surface area contributed by atoms with E-state index in [1.807, 2.05) is 20.8 Å². The number of hydrazone groups is 1. The topological polar surface area (TPSA) is 159 Å². The molecule has 0 spiro atoms. The van der Waals surface area contributed by atoms with Gasteiger partial charge in [-0.3, -0.25) is 9.69 Å². The van der Waals surface area contributed by atoms with Gasteiger partial charge in [0.1, 0.15) is 12.4 Å². The normalized spacial score (nSPS) is 11.4. The van der Waals surface area contributed by atoms with Crippen LogP contribution in [0.15, 0.2) is 46.1 Å². The van der Waals surface area contributed by atoms with Gasteiger partial charge in [-0.1, -0.05) is 36.7 Å². The molecule has 0 aliphatic heterocycles. The molecule has 41 heavy (non-hydrogen) atoms. The molecule has 0 aliphatic rings. The molecule has 3 N–H and O–H groups in total. The lowest BCUT2D eigenvalue weighted by molar-refractivity contribution is 0.0948. The van der Waals surface area contributed by atoms with Crippen molar-refractivity contribution in [3.8, 4) is 17.3 Å². The van der Waals surface area contributed by atoms with Crippen LogP contribution in [0.5, 0.6) is 11.5 Å². The van der Waals surface area contributed by atoms with Gasteiger partial charge in [-0.05, 0) is 66.2 Å². The fourth-order valence-corrected chi connectivity index (χ4v) is 4.04. The van der Waals surface area contributed by atoms with Gasteiger partial charge in [-0.15, -0.1) is 5.10 Å². The number of halogens is 2. The summed E-state index contributed by atoms with van der Waals surface area (Å²) in [6.45, 7) is 7.89. The zero-order valence-corrected chi connectivity index (χ0v) is 23.4. The maximum Gasteiger partial charge on any atom is 0.293 e. The van der Waals surface area contributed by atoms with Gasteiger partial charge in [0.05, 0.1) is 23.5 Å². The first-order chi connectivity index (χ1) is 19.9. The van der Waals surface area contributed by atoms with Crippen molar-refractivity contribution >= 4 is 29.5 Å². The fraction of sp³-hybridized carbons (Fsp3) is 0.308. The Labute approximate surface area is 240 Å². The van der Waals surface area contributed by atoms with Gasteiger partial charge in [-0.2, -0.15) is 9.78 Å². The Morgan fingerprint density at radius 2 is 2.00 bits per heavy atom. The number of carbonyl (C=O) groups excluding carboxylic acids is 1. The number of carbonyl (C=O) groups is 1. The van der Waals surface area contributed by atoms with Crippen LogP contribution in [0.25, 0.3) is 5.82 Å². The molecule has 0 bridgehead atoms. The summed E-state index contributed by atoms with van der Waals surface area (Å²) in [4.78, 5) is 15.1. The molecule has 2 aromatic carbocycles. The van der Waals surface area contributed by atoms with E-state index in [0.29, 0.717) is 35.9 Å². The Morgan fingerprint density at radius 1 is 1.20 bits per heavy atom. The number of anilines is 1. The van der Waals surface area contributed by atoms with Gasteiger partial charge >= 0.3 is 0 Å². The van der Waals surface area contributed by atoms with Crippen molar-refractivity contribution in [2.75, 3.05) is 25.4 Å². The second kappa shape index (κ2) is 13.7. The van der Waals surface area contributed by atoms with E-state index in [1.165, 1.54) is 23.0 Å². The molecule has 1 amide bonds. The van der Waals surface area contributed by atoms with Crippen LogP contribution in [0.1, 0.15) is 48.1 Å². The zero-order chi connectivity index (χ0) is 29.4. The highest BCUT2D eigenvalue weighted by Gasteiger charge is 2.25. The number of hydrogen-bond donors (Lipinski definition) is 2. The number of nitrogens with one attached hydrogen (secondary N) is 1. The third kappa shape index (κ3) is 6.96. The van der Waals surface area contributed by atoms with Crippen molar-refractivity contribution in [2.24, 2.45) is 5.10 Å². The minimum atomic E-state index is -0.587. The largest absolute Gasteiger partial charge is 0.490 e. The third-order valence-corrected chi connectivity index (χ3v) is 6.38. The van der Waals surface area contributed by atoms with Gasteiger partial charge < -0.3 is 15.2 Å². The monoisotopic (exact) mass is 585 g/mol. The molecule has 0 atom stereocenters. The molecule has 4 rings (SSSR count). The van der Waals surface area contributed by atoms with Gasteiger partial charge in [0.25, 0.3) is 5.91 Å². The van der Waals surface area contributed by atoms with Crippen LogP contribution in [0.2, 0.25) is 5.02 Å². The Hall–Kier alpha value is -4.56. The predicted molar refractivity (Wildman–Crippen MR) is 149 cm³/mol. The summed E-state index contributed by atoms with van der Waals surface area (Å²) in [6, 6.07) is 9.48. The molecule has 2 aromatic heterocycles. The Balaban J connectivity index is 1.50. The maximum atomic E-state index is 14.1. The summed E-state index contributed by atoms with van der Waals surface area (Å²) in [7, 11) is 0. The Morgan fingerprint density at radius 3 is 2.68 bits per heavy atom. The maximum absolute atomic E-state index is 14.1. The van der Waals surface area contributed by atoms with Crippen LogP contribution in [0, 0.1) is 5.82 Å². The molecule has 13 nitrogen and oxygen atoms in total. The van der Waals surface area contributed by atoms with Crippen LogP contribution in [-0.4, -0.2) is 62.0 Å². The summed E-state index contributed by atoms with van der Waals surface area (Å²) in [5, 5.41) is 19.8. The molecule has 0 aliphatic carbocycles. The predicted octanol–water partition coefficient (Wildman–Crippen LogP) is 3.61. The van der Waals surface area contributed by atoms with Crippen molar-refractivity contribution in [3.63, 3.8) is 0 Å². The summed E-state index contributed by atoms with van der Waals surface area (Å²) in [6.07, 6.45) is 1.44. The molecule has 0 saturated heterocycles. The number of nitrogens with zero attached hydrogens (tertiary/aromatic N) is 7. The Bertz CT molecular complexity index is 1500. The van der Waals surface area contributed by atoms with E-state index in [9.17, 15) is 9.18 Å². The quantitative estimate of drug-likeness (QED) is 0.175. The van der Waals surface area contributed by atoms with Crippen molar-refractivity contribution in [2.45, 2.75) is 33.9 Å². The van der Waals surface area contributed by atoms with Crippen molar-refractivity contribution < 1.29 is 23.3 Å². The number of nitrogens with two attached hydrogens (primary N) is 1. The lowest BCUT2D eigenvalue weighted by Crippen LogP contribution is -2.27. The Kier molecular flexibility index (Phi) is 9.81. The zero-order valence-electron chi connectivity index (χ0n) is 22.7. The molecule has 0 fully saturated rings. The average molecular weight is 586 g/mol. The summed E-state index contributed by atoms with van der Waals surface area (Å²) < 4.78 is 31.6. The van der Waals surface area contributed by atoms with Gasteiger partial charge in [0.15, 0.2) is 17.2 Å². The first-order valence-corrected chi connectivity index (χ1v) is 13.1.